The van der Waals surface area contributed by atoms with Crippen LogP contribution in [0.4, 0.5) is 0 Å². The molecule has 25 heavy (non-hydrogen) atoms. The lowest BCUT2D eigenvalue weighted by Gasteiger charge is -2.27. The number of nitrogens with zero attached hydrogens (tertiary/aromatic N) is 3. The molecule has 2 aromatic rings. The van der Waals surface area contributed by atoms with E-state index in [-0.39, 0.29) is 0 Å². The molecule has 0 bridgehead atoms. The van der Waals surface area contributed by atoms with Crippen LogP contribution < -0.4 is 0 Å². The third-order valence-electron chi connectivity index (χ3n) is 4.62. The minimum atomic E-state index is 0.447. The molecule has 0 spiro atoms. The number of hydrogen-bond donors (Lipinski definition) is 1. The predicted molar refractivity (Wildman–Crippen MR) is 104 cm³/mol. The molecule has 2 heterocycles. The summed E-state index contributed by atoms with van der Waals surface area (Å²) in [6.45, 7) is 4.08. The van der Waals surface area contributed by atoms with E-state index < -0.39 is 0 Å². The Labute approximate surface area is 153 Å². The minimum absolute atomic E-state index is 0.447. The third kappa shape index (κ3) is 3.35. The van der Waals surface area contributed by atoms with Crippen LogP contribution in [0.3, 0.4) is 0 Å². The van der Waals surface area contributed by atoms with E-state index in [0.29, 0.717) is 16.1 Å². The summed E-state index contributed by atoms with van der Waals surface area (Å²) >= 11 is 5.46. The van der Waals surface area contributed by atoms with Crippen molar-refractivity contribution in [1.82, 2.24) is 14.5 Å². The van der Waals surface area contributed by atoms with Crippen molar-refractivity contribution >= 4 is 24.5 Å². The van der Waals surface area contributed by atoms with Crippen molar-refractivity contribution in [2.24, 2.45) is 0 Å². The van der Waals surface area contributed by atoms with Crippen LogP contribution in [0.2, 0.25) is 0 Å². The lowest BCUT2D eigenvalue weighted by Crippen LogP contribution is -2.12. The highest BCUT2D eigenvalue weighted by Gasteiger charge is 2.24. The van der Waals surface area contributed by atoms with Crippen molar-refractivity contribution in [1.29, 1.82) is 5.26 Å². The molecule has 3 rings (SSSR count). The summed E-state index contributed by atoms with van der Waals surface area (Å²) in [6, 6.07) is 4.37. The molecule has 128 valence electrons. The monoisotopic (exact) mass is 350 g/mol. The molecule has 2 aromatic heterocycles. The lowest BCUT2D eigenvalue weighted by atomic mass is 9.78. The fourth-order valence-corrected chi connectivity index (χ4v) is 3.37. The number of nitriles is 1. The summed E-state index contributed by atoms with van der Waals surface area (Å²) in [5, 5.41) is 9.49. The van der Waals surface area contributed by atoms with Crippen molar-refractivity contribution < 1.29 is 0 Å². The smallest absolute Gasteiger partial charge is 0.136 e. The van der Waals surface area contributed by atoms with Gasteiger partial charge in [0.1, 0.15) is 16.5 Å². The summed E-state index contributed by atoms with van der Waals surface area (Å²) in [5.41, 5.74) is 3.55. The van der Waals surface area contributed by atoms with E-state index in [1.807, 2.05) is 36.0 Å². The molecule has 0 atom stereocenters. The highest BCUT2D eigenvalue weighted by molar-refractivity contribution is 7.71. The summed E-state index contributed by atoms with van der Waals surface area (Å²) in [5.74, 6) is 1.33. The molecule has 1 aliphatic carbocycles. The highest BCUT2D eigenvalue weighted by atomic mass is 32.1. The second-order valence-corrected chi connectivity index (χ2v) is 6.66. The maximum Gasteiger partial charge on any atom is 0.136 e. The number of allylic oxidation sites excluding steroid dienone is 2. The van der Waals surface area contributed by atoms with Gasteiger partial charge < -0.3 is 4.98 Å². The highest BCUT2D eigenvalue weighted by Crippen LogP contribution is 2.39. The zero-order valence-electron chi connectivity index (χ0n) is 14.6. The largest absolute Gasteiger partial charge is 0.344 e. The van der Waals surface area contributed by atoms with Gasteiger partial charge in [0.25, 0.3) is 0 Å². The van der Waals surface area contributed by atoms with E-state index in [9.17, 15) is 5.26 Å². The first-order valence-electron chi connectivity index (χ1n) is 8.73. The van der Waals surface area contributed by atoms with Gasteiger partial charge in [0.15, 0.2) is 0 Å². The van der Waals surface area contributed by atoms with Crippen molar-refractivity contribution in [3.05, 3.63) is 46.0 Å². The minimum Gasteiger partial charge on any atom is -0.344 e. The van der Waals surface area contributed by atoms with Gasteiger partial charge in [-0.15, -0.1) is 0 Å². The van der Waals surface area contributed by atoms with Crippen LogP contribution in [0, 0.1) is 16.0 Å². The van der Waals surface area contributed by atoms with Crippen LogP contribution >= 0.6 is 12.2 Å². The van der Waals surface area contributed by atoms with E-state index in [4.69, 9.17) is 12.2 Å². The molecule has 0 saturated heterocycles. The fraction of sp³-hybridized carbons (Fsp3) is 0.350. The van der Waals surface area contributed by atoms with Gasteiger partial charge in [-0.2, -0.15) is 5.26 Å². The molecule has 1 N–H and O–H groups in total. The van der Waals surface area contributed by atoms with Crippen LogP contribution in [0.5, 0.6) is 0 Å². The standard InChI is InChI=1S/C20H22N4S/c1-3-5-9-19-22-13-18(24(19)10-4-2)17-11-15(14-7-6-8-14)16(12-21)20(25)23-17/h4-5,9-11,13-14H,3,6-8H2,1-2H3,(H,23,25)/b9-5+,10-4-. The molecule has 0 amide bonds. The van der Waals surface area contributed by atoms with E-state index in [1.54, 1.807) is 0 Å². The molecule has 5 heteroatoms. The van der Waals surface area contributed by atoms with Gasteiger partial charge in [-0.05, 0) is 49.8 Å². The van der Waals surface area contributed by atoms with Gasteiger partial charge in [-0.3, -0.25) is 4.57 Å². The summed E-state index contributed by atoms with van der Waals surface area (Å²) < 4.78 is 2.56. The van der Waals surface area contributed by atoms with E-state index in [2.05, 4.69) is 35.1 Å². The van der Waals surface area contributed by atoms with Crippen LogP contribution in [0.1, 0.15) is 62.4 Å². The quantitative estimate of drug-likeness (QED) is 0.708. The van der Waals surface area contributed by atoms with Gasteiger partial charge in [0.2, 0.25) is 0 Å². The Balaban J connectivity index is 2.15. The Morgan fingerprint density at radius 3 is 2.88 bits per heavy atom. The second-order valence-electron chi connectivity index (χ2n) is 6.25. The van der Waals surface area contributed by atoms with Gasteiger partial charge >= 0.3 is 0 Å². The predicted octanol–water partition coefficient (Wildman–Crippen LogP) is 5.66. The number of hydrogen-bond acceptors (Lipinski definition) is 3. The van der Waals surface area contributed by atoms with Gasteiger partial charge in [0.05, 0.1) is 23.1 Å². The Bertz CT molecular complexity index is 920. The molecule has 4 nitrogen and oxygen atoms in total. The molecular formula is C20H22N4S. The van der Waals surface area contributed by atoms with Crippen LogP contribution in [0.15, 0.2) is 24.4 Å². The topological polar surface area (TPSA) is 57.4 Å². The summed E-state index contributed by atoms with van der Waals surface area (Å²) in [7, 11) is 0. The van der Waals surface area contributed by atoms with E-state index >= 15 is 0 Å². The SMILES string of the molecule is C/C=C\n1c(-c2cc(C3CCC3)c(C#N)c(=S)[nH]2)cnc1/C=C/CC. The summed E-state index contributed by atoms with van der Waals surface area (Å²) in [6.07, 6.45) is 14.4. The number of rotatable bonds is 5. The first-order chi connectivity index (χ1) is 12.2. The van der Waals surface area contributed by atoms with Gasteiger partial charge in [-0.25, -0.2) is 4.98 Å². The van der Waals surface area contributed by atoms with Crippen molar-refractivity contribution in [2.75, 3.05) is 0 Å². The number of H-pyrrole nitrogens is 1. The molecule has 0 aromatic carbocycles. The Morgan fingerprint density at radius 1 is 1.48 bits per heavy atom. The van der Waals surface area contributed by atoms with Crippen molar-refractivity contribution in [2.45, 2.75) is 45.4 Å². The van der Waals surface area contributed by atoms with Gasteiger partial charge in [0, 0.05) is 6.20 Å². The molecule has 1 saturated carbocycles. The van der Waals surface area contributed by atoms with Crippen molar-refractivity contribution in [3.63, 3.8) is 0 Å². The van der Waals surface area contributed by atoms with Crippen molar-refractivity contribution in [3.8, 4) is 17.5 Å². The Hall–Kier alpha value is -2.45. The molecule has 1 fully saturated rings. The fourth-order valence-electron chi connectivity index (χ4n) is 3.10. The third-order valence-corrected chi connectivity index (χ3v) is 4.93. The zero-order chi connectivity index (χ0) is 17.8. The number of aromatic amines is 1. The Morgan fingerprint density at radius 2 is 2.28 bits per heavy atom. The normalized spacial score (nSPS) is 14.9. The zero-order valence-corrected chi connectivity index (χ0v) is 15.4. The van der Waals surface area contributed by atoms with Crippen LogP contribution in [-0.2, 0) is 0 Å². The number of pyridine rings is 1. The maximum absolute atomic E-state index is 9.49. The van der Waals surface area contributed by atoms with E-state index in [1.165, 1.54) is 6.42 Å². The number of imidazole rings is 1. The average Bonchev–Trinajstić information content (AvgIpc) is 2.94. The van der Waals surface area contributed by atoms with Gasteiger partial charge in [-0.1, -0.05) is 37.7 Å². The molecule has 0 aliphatic heterocycles. The maximum atomic E-state index is 9.49. The molecule has 0 radical (unpaired) electrons. The van der Waals surface area contributed by atoms with Crippen LogP contribution in [-0.4, -0.2) is 14.5 Å². The Kier molecular flexibility index (Phi) is 5.30. The first-order valence-corrected chi connectivity index (χ1v) is 9.14. The lowest BCUT2D eigenvalue weighted by molar-refractivity contribution is 0.419. The molecule has 1 aliphatic rings. The van der Waals surface area contributed by atoms with E-state index in [0.717, 1.165) is 42.0 Å². The number of aromatic nitrogens is 3. The number of nitrogens with one attached hydrogen (secondary N) is 1. The van der Waals surface area contributed by atoms with Crippen LogP contribution in [0.25, 0.3) is 23.7 Å². The summed E-state index contributed by atoms with van der Waals surface area (Å²) in [4.78, 5) is 7.76. The second kappa shape index (κ2) is 7.62. The first kappa shape index (κ1) is 17.4. The molecular weight excluding hydrogens is 328 g/mol. The average molecular weight is 350 g/mol. The molecule has 0 unspecified atom stereocenters.